The predicted octanol–water partition coefficient (Wildman–Crippen LogP) is 5.31. The topological polar surface area (TPSA) is 82.4 Å². The first-order valence-electron chi connectivity index (χ1n) is 15.3. The lowest BCUT2D eigenvalue weighted by molar-refractivity contribution is -0.138. The van der Waals surface area contributed by atoms with E-state index in [1.54, 1.807) is 0 Å². The molecule has 0 aliphatic carbocycles. The van der Waals surface area contributed by atoms with Gasteiger partial charge in [0.15, 0.2) is 5.78 Å². The lowest BCUT2D eigenvalue weighted by Crippen LogP contribution is -2.48. The van der Waals surface area contributed by atoms with Gasteiger partial charge in [-0.25, -0.2) is 8.78 Å². The number of halogens is 2. The van der Waals surface area contributed by atoms with E-state index in [1.807, 2.05) is 35.2 Å². The molecule has 3 aromatic carbocycles. The summed E-state index contributed by atoms with van der Waals surface area (Å²) in [6.45, 7) is 4.84. The van der Waals surface area contributed by atoms with Gasteiger partial charge in [-0.15, -0.1) is 0 Å². The van der Waals surface area contributed by atoms with Crippen LogP contribution in [-0.4, -0.2) is 73.4 Å². The zero-order chi connectivity index (χ0) is 30.6. The maximum atomic E-state index is 13.9. The van der Waals surface area contributed by atoms with Gasteiger partial charge in [0.05, 0.1) is 25.2 Å². The summed E-state index contributed by atoms with van der Waals surface area (Å²) < 4.78 is 33.1. The molecule has 7 nitrogen and oxygen atoms in total. The normalized spacial score (nSPS) is 17.4. The van der Waals surface area contributed by atoms with Crippen LogP contribution in [0.2, 0.25) is 0 Å². The fraction of sp³-hybridized carbons (Fsp3) is 0.400. The van der Waals surface area contributed by atoms with Crippen LogP contribution in [0.5, 0.6) is 0 Å². The van der Waals surface area contributed by atoms with Gasteiger partial charge in [0, 0.05) is 62.3 Å². The zero-order valence-corrected chi connectivity index (χ0v) is 24.7. The molecule has 0 spiro atoms. The molecule has 44 heavy (non-hydrogen) atoms. The SMILES string of the molecule is O=C(O)CN1CCN(c2ccc(C(=O)CC3=NCc4ccc(Cc5cc(F)cc(F)c5)cc43)c(CC3CCOCC3)c2)CC1. The quantitative estimate of drug-likeness (QED) is 0.318. The second-order valence-electron chi connectivity index (χ2n) is 12.1. The minimum Gasteiger partial charge on any atom is -0.480 e. The number of Topliss-reactive ketones (excluding diaryl/α,β-unsaturated/α-hetero) is 1. The number of anilines is 1. The second kappa shape index (κ2) is 13.4. The molecule has 0 amide bonds. The Hall–Kier alpha value is -3.95. The van der Waals surface area contributed by atoms with Crippen LogP contribution < -0.4 is 4.90 Å². The van der Waals surface area contributed by atoms with Crippen LogP contribution >= 0.6 is 0 Å². The van der Waals surface area contributed by atoms with E-state index >= 15 is 0 Å². The van der Waals surface area contributed by atoms with Crippen molar-refractivity contribution in [2.24, 2.45) is 10.9 Å². The Morgan fingerprint density at radius 1 is 0.909 bits per heavy atom. The summed E-state index contributed by atoms with van der Waals surface area (Å²) in [6.07, 6.45) is 3.28. The number of hydrogen-bond acceptors (Lipinski definition) is 6. The van der Waals surface area contributed by atoms with Crippen LogP contribution in [0.25, 0.3) is 0 Å². The van der Waals surface area contributed by atoms with Crippen LogP contribution in [0.15, 0.2) is 59.6 Å². The van der Waals surface area contributed by atoms with Crippen molar-refractivity contribution < 1.29 is 28.2 Å². The van der Waals surface area contributed by atoms with Crippen molar-refractivity contribution in [2.45, 2.75) is 38.6 Å². The molecule has 0 saturated carbocycles. The fourth-order valence-electron chi connectivity index (χ4n) is 6.59. The number of carbonyl (C=O) groups is 2. The first-order chi connectivity index (χ1) is 21.3. The van der Waals surface area contributed by atoms with Gasteiger partial charge in [-0.3, -0.25) is 19.5 Å². The number of aliphatic carboxylic acids is 1. The van der Waals surface area contributed by atoms with E-state index in [4.69, 9.17) is 14.8 Å². The third kappa shape index (κ3) is 7.22. The molecule has 3 aliphatic heterocycles. The minimum atomic E-state index is -0.812. The molecule has 3 aliphatic rings. The number of benzene rings is 3. The smallest absolute Gasteiger partial charge is 0.317 e. The van der Waals surface area contributed by atoms with Crippen LogP contribution in [0.3, 0.4) is 0 Å². The molecule has 0 atom stereocenters. The van der Waals surface area contributed by atoms with E-state index in [9.17, 15) is 18.4 Å². The van der Waals surface area contributed by atoms with E-state index in [0.29, 0.717) is 43.1 Å². The Bertz CT molecular complexity index is 1560. The number of ether oxygens (including phenoxy) is 1. The van der Waals surface area contributed by atoms with Crippen molar-refractivity contribution >= 4 is 23.2 Å². The van der Waals surface area contributed by atoms with Crippen LogP contribution in [-0.2, 0) is 28.9 Å². The Morgan fingerprint density at radius 2 is 1.66 bits per heavy atom. The van der Waals surface area contributed by atoms with Gasteiger partial charge in [-0.05, 0) is 90.3 Å². The molecule has 2 fully saturated rings. The average Bonchev–Trinajstić information content (AvgIpc) is 3.39. The highest BCUT2D eigenvalue weighted by Gasteiger charge is 2.25. The Labute approximate surface area is 256 Å². The summed E-state index contributed by atoms with van der Waals surface area (Å²) in [5.41, 5.74) is 6.98. The summed E-state index contributed by atoms with van der Waals surface area (Å²) >= 11 is 0. The summed E-state index contributed by atoms with van der Waals surface area (Å²) in [5, 5.41) is 9.14. The first kappa shape index (κ1) is 30.1. The van der Waals surface area contributed by atoms with Gasteiger partial charge in [-0.2, -0.15) is 0 Å². The third-order valence-corrected chi connectivity index (χ3v) is 8.92. The van der Waals surface area contributed by atoms with E-state index in [0.717, 1.165) is 85.3 Å². The lowest BCUT2D eigenvalue weighted by Gasteiger charge is -2.35. The number of carboxylic acid groups (broad SMARTS) is 1. The van der Waals surface area contributed by atoms with Crippen LogP contribution in [0.1, 0.15) is 57.4 Å². The Balaban J connectivity index is 1.20. The highest BCUT2D eigenvalue weighted by molar-refractivity contribution is 6.17. The Kier molecular flexibility index (Phi) is 9.14. The monoisotopic (exact) mass is 601 g/mol. The zero-order valence-electron chi connectivity index (χ0n) is 24.7. The molecule has 3 heterocycles. The van der Waals surface area contributed by atoms with E-state index in [2.05, 4.69) is 11.0 Å². The number of hydrogen-bond donors (Lipinski definition) is 1. The minimum absolute atomic E-state index is 0.0223. The number of carboxylic acids is 1. The predicted molar refractivity (Wildman–Crippen MR) is 165 cm³/mol. The number of rotatable bonds is 10. The molecule has 0 radical (unpaired) electrons. The number of aliphatic imine (C=N–C) groups is 1. The van der Waals surface area contributed by atoms with Gasteiger partial charge >= 0.3 is 5.97 Å². The molecule has 9 heteroatoms. The molecule has 0 bridgehead atoms. The van der Waals surface area contributed by atoms with E-state index < -0.39 is 17.6 Å². The fourth-order valence-corrected chi connectivity index (χ4v) is 6.59. The number of carbonyl (C=O) groups excluding carboxylic acids is 1. The maximum absolute atomic E-state index is 13.9. The highest BCUT2D eigenvalue weighted by Crippen LogP contribution is 2.30. The van der Waals surface area contributed by atoms with Gasteiger partial charge in [0.25, 0.3) is 0 Å². The van der Waals surface area contributed by atoms with Crippen LogP contribution in [0, 0.1) is 17.6 Å². The molecule has 1 N–H and O–H groups in total. The molecule has 0 unspecified atom stereocenters. The number of piperazine rings is 1. The second-order valence-corrected chi connectivity index (χ2v) is 12.1. The van der Waals surface area contributed by atoms with Gasteiger partial charge in [0.1, 0.15) is 11.6 Å². The first-order valence-corrected chi connectivity index (χ1v) is 15.3. The van der Waals surface area contributed by atoms with Crippen molar-refractivity contribution in [3.05, 3.63) is 99.6 Å². The summed E-state index contributed by atoms with van der Waals surface area (Å²) in [4.78, 5) is 33.9. The van der Waals surface area contributed by atoms with Crippen molar-refractivity contribution in [3.63, 3.8) is 0 Å². The summed E-state index contributed by atoms with van der Waals surface area (Å²) in [7, 11) is 0. The number of ketones is 1. The van der Waals surface area contributed by atoms with Crippen molar-refractivity contribution in [3.8, 4) is 0 Å². The third-order valence-electron chi connectivity index (χ3n) is 8.92. The molecule has 0 aromatic heterocycles. The Morgan fingerprint density at radius 3 is 2.39 bits per heavy atom. The molecular weight excluding hydrogens is 564 g/mol. The summed E-state index contributed by atoms with van der Waals surface area (Å²) in [6, 6.07) is 15.6. The van der Waals surface area contributed by atoms with E-state index in [1.165, 1.54) is 12.1 Å². The molecule has 3 aromatic rings. The molecular formula is C35H37F2N3O4. The van der Waals surface area contributed by atoms with Gasteiger partial charge in [-0.1, -0.05) is 12.1 Å². The van der Waals surface area contributed by atoms with Crippen molar-refractivity contribution in [1.29, 1.82) is 0 Å². The number of fused-ring (bicyclic) bond motifs is 1. The van der Waals surface area contributed by atoms with E-state index in [-0.39, 0.29) is 18.7 Å². The summed E-state index contributed by atoms with van der Waals surface area (Å²) in [5.74, 6) is -1.55. The van der Waals surface area contributed by atoms with Gasteiger partial charge < -0.3 is 14.7 Å². The van der Waals surface area contributed by atoms with Gasteiger partial charge in [0.2, 0.25) is 0 Å². The van der Waals surface area contributed by atoms with Crippen molar-refractivity contribution in [2.75, 3.05) is 50.8 Å². The lowest BCUT2D eigenvalue weighted by atomic mass is 9.87. The molecule has 6 rings (SSSR count). The molecule has 2 saturated heterocycles. The molecule has 230 valence electrons. The van der Waals surface area contributed by atoms with Crippen LogP contribution in [0.4, 0.5) is 14.5 Å². The highest BCUT2D eigenvalue weighted by atomic mass is 19.1. The standard InChI is InChI=1S/C35H37F2N3O4/c36-28-15-25(16-29(37)19-28)13-24-1-2-26-21-38-33(32(26)17-24)20-34(41)31-4-3-30(18-27(31)14-23-5-11-44-12-6-23)40-9-7-39(8-10-40)22-35(42)43/h1-4,15-19,23H,5-14,20-22H2,(H,42,43). The largest absolute Gasteiger partial charge is 0.480 e. The maximum Gasteiger partial charge on any atom is 0.317 e. The number of nitrogens with zero attached hydrogens (tertiary/aromatic N) is 3. The average molecular weight is 602 g/mol. The van der Waals surface area contributed by atoms with Crippen molar-refractivity contribution in [1.82, 2.24) is 4.90 Å².